The molecule has 1 saturated heterocycles. The molecule has 0 radical (unpaired) electrons. The van der Waals surface area contributed by atoms with E-state index in [0.29, 0.717) is 5.69 Å². The van der Waals surface area contributed by atoms with Crippen molar-refractivity contribution in [3.05, 3.63) is 59.3 Å². The molecule has 1 unspecified atom stereocenters. The van der Waals surface area contributed by atoms with Crippen molar-refractivity contribution < 1.29 is 32.3 Å². The van der Waals surface area contributed by atoms with Gasteiger partial charge in [-0.25, -0.2) is 9.97 Å². The first kappa shape index (κ1) is 33.1. The van der Waals surface area contributed by atoms with Gasteiger partial charge in [-0.15, -0.1) is 0 Å². The third kappa shape index (κ3) is 7.11. The number of piperazine rings is 1. The van der Waals surface area contributed by atoms with Gasteiger partial charge >= 0.3 is 6.18 Å². The van der Waals surface area contributed by atoms with Crippen molar-refractivity contribution in [3.8, 4) is 17.3 Å². The Morgan fingerprint density at radius 2 is 1.98 bits per heavy atom. The molecule has 4 aromatic rings. The van der Waals surface area contributed by atoms with Crippen LogP contribution in [0.15, 0.2) is 43.0 Å². The van der Waals surface area contributed by atoms with Crippen LogP contribution in [0.2, 0.25) is 5.02 Å². The number of amides is 2. The average Bonchev–Trinajstić information content (AvgIpc) is 3.68. The second kappa shape index (κ2) is 14.0. The maximum atomic E-state index is 13.8. The Morgan fingerprint density at radius 3 is 2.64 bits per heavy atom. The highest BCUT2D eigenvalue weighted by molar-refractivity contribution is 6.34. The van der Waals surface area contributed by atoms with Crippen LogP contribution in [0, 0.1) is 11.3 Å². The third-order valence-corrected chi connectivity index (χ3v) is 7.53. The lowest BCUT2D eigenvalue weighted by atomic mass is 10.1. The maximum Gasteiger partial charge on any atom is 0.435 e. The maximum absolute atomic E-state index is 13.8. The molecule has 4 N–H and O–H groups in total. The molecule has 5 rings (SSSR count). The molecule has 1 aliphatic heterocycles. The SMILES string of the molecule is N#CCn1cc(-c2cnc3c(Nc4ccc(C(=O)N5CCN(C(OC=O)C(=O)NCCN)CC5)c(Cl)c4)nccn23)c(C(F)(F)F)n1. The van der Waals surface area contributed by atoms with E-state index in [1.54, 1.807) is 21.9 Å². The predicted molar refractivity (Wildman–Crippen MR) is 160 cm³/mol. The van der Waals surface area contributed by atoms with E-state index in [-0.39, 0.29) is 91.5 Å². The van der Waals surface area contributed by atoms with Crippen molar-refractivity contribution in [2.24, 2.45) is 5.73 Å². The second-order valence-electron chi connectivity index (χ2n) is 10.2. The Labute approximate surface area is 269 Å². The fourth-order valence-electron chi connectivity index (χ4n) is 5.06. The summed E-state index contributed by atoms with van der Waals surface area (Å²) in [5, 5.41) is 18.2. The molecule has 3 aromatic heterocycles. The van der Waals surface area contributed by atoms with Gasteiger partial charge in [0.2, 0.25) is 6.23 Å². The smallest absolute Gasteiger partial charge is 0.435 e. The van der Waals surface area contributed by atoms with Gasteiger partial charge in [0.05, 0.1) is 34.1 Å². The second-order valence-corrected chi connectivity index (χ2v) is 10.6. The van der Waals surface area contributed by atoms with Gasteiger partial charge < -0.3 is 26.0 Å². The average molecular weight is 674 g/mol. The Balaban J connectivity index is 1.30. The normalized spacial score (nSPS) is 14.4. The van der Waals surface area contributed by atoms with Crippen LogP contribution in [0.4, 0.5) is 24.7 Å². The summed E-state index contributed by atoms with van der Waals surface area (Å²) in [4.78, 5) is 48.4. The van der Waals surface area contributed by atoms with Crippen molar-refractivity contribution in [2.45, 2.75) is 18.9 Å². The van der Waals surface area contributed by atoms with E-state index in [1.165, 1.54) is 35.1 Å². The number of imidazole rings is 1. The summed E-state index contributed by atoms with van der Waals surface area (Å²) in [7, 11) is 0. The van der Waals surface area contributed by atoms with Gasteiger partial charge in [0, 0.05) is 63.5 Å². The number of carbonyl (C=O) groups excluding carboxylic acids is 3. The van der Waals surface area contributed by atoms with E-state index in [0.717, 1.165) is 10.9 Å². The van der Waals surface area contributed by atoms with Crippen LogP contribution in [0.25, 0.3) is 16.9 Å². The van der Waals surface area contributed by atoms with Gasteiger partial charge in [-0.2, -0.15) is 23.5 Å². The Bertz CT molecular complexity index is 1830. The monoisotopic (exact) mass is 673 g/mol. The highest BCUT2D eigenvalue weighted by Crippen LogP contribution is 2.37. The number of nitriles is 1. The van der Waals surface area contributed by atoms with E-state index < -0.39 is 24.0 Å². The summed E-state index contributed by atoms with van der Waals surface area (Å²) < 4.78 is 48.6. The van der Waals surface area contributed by atoms with Crippen LogP contribution < -0.4 is 16.4 Å². The van der Waals surface area contributed by atoms with E-state index in [9.17, 15) is 27.6 Å². The lowest BCUT2D eigenvalue weighted by molar-refractivity contribution is -0.159. The molecule has 15 nitrogen and oxygen atoms in total. The fraction of sp³-hybridized carbons (Fsp3) is 0.321. The summed E-state index contributed by atoms with van der Waals surface area (Å²) in [6.07, 6.45) is -0.720. The zero-order valence-electron chi connectivity index (χ0n) is 24.4. The van der Waals surface area contributed by atoms with Crippen LogP contribution in [0.3, 0.4) is 0 Å². The molecule has 1 fully saturated rings. The van der Waals surface area contributed by atoms with Gasteiger partial charge in [0.1, 0.15) is 6.54 Å². The van der Waals surface area contributed by atoms with Crippen molar-refractivity contribution >= 4 is 47.0 Å². The van der Waals surface area contributed by atoms with Gasteiger partial charge in [-0.05, 0) is 18.2 Å². The minimum absolute atomic E-state index is 0.0845. The number of aromatic nitrogens is 5. The van der Waals surface area contributed by atoms with Gasteiger partial charge in [0.15, 0.2) is 17.2 Å². The first-order chi connectivity index (χ1) is 22.5. The molecule has 19 heteroatoms. The topological polar surface area (TPSA) is 189 Å². The Kier molecular flexibility index (Phi) is 9.89. The number of nitrogens with two attached hydrogens (primary N) is 1. The summed E-state index contributed by atoms with van der Waals surface area (Å²) >= 11 is 6.51. The Hall–Kier alpha value is -5.25. The van der Waals surface area contributed by atoms with Crippen molar-refractivity contribution in [1.29, 1.82) is 5.26 Å². The number of hydrogen-bond acceptors (Lipinski definition) is 11. The number of benzene rings is 1. The number of rotatable bonds is 11. The molecule has 1 atom stereocenters. The number of nitrogens with zero attached hydrogens (tertiary/aromatic N) is 8. The molecule has 246 valence electrons. The quantitative estimate of drug-likeness (QED) is 0.197. The largest absolute Gasteiger partial charge is 0.439 e. The van der Waals surface area contributed by atoms with Crippen molar-refractivity contribution in [2.75, 3.05) is 44.6 Å². The number of fused-ring (bicyclic) bond motifs is 1. The lowest BCUT2D eigenvalue weighted by Gasteiger charge is -2.37. The number of hydrogen-bond donors (Lipinski definition) is 3. The molecule has 4 heterocycles. The molecular formula is C28H27ClF3N11O4. The molecule has 0 aliphatic carbocycles. The lowest BCUT2D eigenvalue weighted by Crippen LogP contribution is -2.57. The van der Waals surface area contributed by atoms with Crippen LogP contribution in [-0.2, 0) is 27.0 Å². The summed E-state index contributed by atoms with van der Waals surface area (Å²) in [5.41, 5.74) is 4.93. The molecular weight excluding hydrogens is 647 g/mol. The van der Waals surface area contributed by atoms with Crippen LogP contribution in [0.5, 0.6) is 0 Å². The van der Waals surface area contributed by atoms with E-state index in [1.807, 2.05) is 0 Å². The van der Waals surface area contributed by atoms with Gasteiger partial charge in [-0.3, -0.25) is 28.4 Å². The summed E-state index contributed by atoms with van der Waals surface area (Å²) in [6.45, 7) is 1.24. The number of halogens is 4. The highest BCUT2D eigenvalue weighted by Gasteiger charge is 2.38. The predicted octanol–water partition coefficient (Wildman–Crippen LogP) is 1.86. The van der Waals surface area contributed by atoms with Gasteiger partial charge in [0.25, 0.3) is 18.3 Å². The molecule has 1 aromatic carbocycles. The third-order valence-electron chi connectivity index (χ3n) is 7.21. The molecule has 1 aliphatic rings. The number of alkyl halides is 3. The van der Waals surface area contributed by atoms with Crippen LogP contribution in [0.1, 0.15) is 16.1 Å². The minimum Gasteiger partial charge on any atom is -0.439 e. The van der Waals surface area contributed by atoms with Crippen LogP contribution >= 0.6 is 11.6 Å². The standard InChI is InChI=1S/C28H27ClF3N11O4/c29-20-13-17(1-2-18(20)26(46)40-9-11-41(12-10-40)27(47-16-44)25(45)36-5-3-33)38-23-24-37-14-21(43(24)8-6-35-23)19-15-42(7-4-34)39-22(19)28(30,31)32/h1-2,6,8,13-16,27H,3,5,7,9-12,33H2,(H,35,38)(H,36,45). The summed E-state index contributed by atoms with van der Waals surface area (Å²) in [5.74, 6) is -0.661. The fourth-order valence-corrected chi connectivity index (χ4v) is 5.32. The molecule has 0 saturated carbocycles. The molecule has 47 heavy (non-hydrogen) atoms. The van der Waals surface area contributed by atoms with E-state index in [4.69, 9.17) is 27.3 Å². The van der Waals surface area contributed by atoms with Crippen molar-refractivity contribution in [3.63, 3.8) is 0 Å². The Morgan fingerprint density at radius 1 is 1.21 bits per heavy atom. The van der Waals surface area contributed by atoms with Crippen LogP contribution in [-0.4, -0.2) is 97.7 Å². The first-order valence-corrected chi connectivity index (χ1v) is 14.4. The number of nitrogens with one attached hydrogen (secondary N) is 2. The highest BCUT2D eigenvalue weighted by atomic mass is 35.5. The number of ether oxygens (including phenoxy) is 1. The van der Waals surface area contributed by atoms with E-state index in [2.05, 4.69) is 25.7 Å². The zero-order chi connectivity index (χ0) is 33.7. The summed E-state index contributed by atoms with van der Waals surface area (Å²) in [6, 6.07) is 6.39. The number of anilines is 2. The van der Waals surface area contributed by atoms with Crippen molar-refractivity contribution in [1.82, 2.24) is 39.3 Å². The zero-order valence-corrected chi connectivity index (χ0v) is 25.2. The number of carbonyl (C=O) groups is 3. The first-order valence-electron chi connectivity index (χ1n) is 14.1. The molecule has 0 bridgehead atoms. The molecule has 0 spiro atoms. The minimum atomic E-state index is -4.77. The van der Waals surface area contributed by atoms with E-state index >= 15 is 0 Å². The van der Waals surface area contributed by atoms with Gasteiger partial charge in [-0.1, -0.05) is 11.6 Å². The molecule has 2 amide bonds.